The van der Waals surface area contributed by atoms with Gasteiger partial charge in [-0.25, -0.2) is 0 Å². The van der Waals surface area contributed by atoms with Crippen molar-refractivity contribution >= 4 is 23.1 Å². The van der Waals surface area contributed by atoms with E-state index in [0.29, 0.717) is 11.1 Å². The minimum atomic E-state index is -0.560. The van der Waals surface area contributed by atoms with Crippen molar-refractivity contribution in [1.82, 2.24) is 21.3 Å². The van der Waals surface area contributed by atoms with Crippen LogP contribution in [-0.4, -0.2) is 68.1 Å². The van der Waals surface area contributed by atoms with Gasteiger partial charge in [-0.15, -0.1) is 0 Å². The molecule has 82 heavy (non-hydrogen) atoms. The predicted octanol–water partition coefficient (Wildman–Crippen LogP) is 11.3. The van der Waals surface area contributed by atoms with E-state index in [-0.39, 0.29) is 146 Å². The van der Waals surface area contributed by atoms with Crippen LogP contribution in [0.25, 0.3) is 0 Å². The summed E-state index contributed by atoms with van der Waals surface area (Å²) in [5, 5.41) is 36.8. The van der Waals surface area contributed by atoms with E-state index in [9.17, 15) is 39.4 Å². The Morgan fingerprint density at radius 1 is 0.366 bits per heavy atom. The second kappa shape index (κ2) is 29.1. The topological polar surface area (TPSA) is 266 Å². The molecule has 0 radical (unpaired) electrons. The van der Waals surface area contributed by atoms with Crippen LogP contribution in [0, 0.1) is 52.7 Å². The zero-order valence-corrected chi connectivity index (χ0v) is 55.2. The summed E-state index contributed by atoms with van der Waals surface area (Å²) in [4.78, 5) is 75.1. The number of carbonyl (C=O) groups excluding carboxylic acids is 4. The number of carbonyl (C=O) groups is 4. The fourth-order valence-electron chi connectivity index (χ4n) is 10.2. The molecular weight excluding hydrogens is 1110 g/mol. The van der Waals surface area contributed by atoms with Crippen LogP contribution in [0.1, 0.15) is 176 Å². The Labute approximate surface area is 518 Å². The fraction of sp³-hybridized carbons (Fsp3) is 0.562. The molecule has 0 amide bonds. The zero-order valence-electron chi connectivity index (χ0n) is 52.1. The van der Waals surface area contributed by atoms with Gasteiger partial charge in [0.1, 0.15) is 0 Å². The number of nitrogens with one attached hydrogen (secondary N) is 4. The molecule has 6 aliphatic carbocycles. The summed E-state index contributed by atoms with van der Waals surface area (Å²) in [5.41, 5.74) is 4.72. The minimum Gasteiger partial charge on any atom is -0.412 e. The molecule has 0 aromatic heterocycles. The average molecular weight is 1200 g/mol. The molecule has 8 N–H and O–H groups in total. The maximum atomic E-state index is 13.5. The van der Waals surface area contributed by atoms with Crippen molar-refractivity contribution in [2.45, 2.75) is 200 Å². The second-order valence-corrected chi connectivity index (χ2v) is 28.0. The molecule has 448 valence electrons. The monoisotopic (exact) mass is 1200 g/mol. The average Bonchev–Trinajstić information content (AvgIpc) is 3.31. The van der Waals surface area contributed by atoms with Gasteiger partial charge in [0.15, 0.2) is 23.1 Å². The van der Waals surface area contributed by atoms with Gasteiger partial charge < -0.3 is 32.2 Å². The summed E-state index contributed by atoms with van der Waals surface area (Å²) in [6, 6.07) is 0.104. The van der Waals surface area contributed by atoms with E-state index >= 15 is 0 Å². The van der Waals surface area contributed by atoms with Crippen LogP contribution >= 0.6 is 0 Å². The van der Waals surface area contributed by atoms with E-state index in [1.807, 2.05) is 53.9 Å². The van der Waals surface area contributed by atoms with Crippen molar-refractivity contribution in [1.29, 1.82) is 0 Å². The number of nitro groups is 2. The van der Waals surface area contributed by atoms with E-state index in [0.717, 1.165) is 73.7 Å². The van der Waals surface area contributed by atoms with Crippen LogP contribution in [0.3, 0.4) is 0 Å². The Morgan fingerprint density at radius 2 is 0.573 bits per heavy atom. The normalized spacial score (nSPS) is 23.9. The van der Waals surface area contributed by atoms with Gasteiger partial charge in [0.2, 0.25) is 0 Å². The molecule has 0 aromatic rings. The van der Waals surface area contributed by atoms with E-state index in [4.69, 9.17) is 0 Å². The number of Topliss-reactive ketones (excluding diaryl/α,β-unsaturated/α-hetero) is 4. The largest absolute Gasteiger partial charge is 0.412 e. The Bertz CT molecular complexity index is 2650. The van der Waals surface area contributed by atoms with Crippen molar-refractivity contribution in [3.05, 3.63) is 161 Å². The third-order valence-electron chi connectivity index (χ3n) is 15.2. The van der Waals surface area contributed by atoms with Crippen LogP contribution in [0.15, 0.2) is 141 Å². The molecule has 16 nitrogen and oxygen atoms in total. The van der Waals surface area contributed by atoms with Gasteiger partial charge in [0.05, 0.1) is 9.85 Å². The second-order valence-electron chi connectivity index (χ2n) is 28.0. The van der Waals surface area contributed by atoms with Gasteiger partial charge in [-0.3, -0.25) is 39.4 Å². The number of hydrogen-bond acceptors (Lipinski definition) is 12. The van der Waals surface area contributed by atoms with Crippen LogP contribution < -0.4 is 21.3 Å². The summed E-state index contributed by atoms with van der Waals surface area (Å²) < 4.78 is 0. The van der Waals surface area contributed by atoms with Gasteiger partial charge in [0, 0.05) is 161 Å². The van der Waals surface area contributed by atoms with Crippen molar-refractivity contribution < 1.29 is 83.4 Å². The summed E-state index contributed by atoms with van der Waals surface area (Å²) in [6.07, 6.45) is 28.3. The standard InChI is InChI=1S/C36H54N2O2.C28H36N4O6.2H2O.2Ti/c1-33(2,3)25-17-23(31(39)27(19-25)35(7,8)9)21-37-29-15-13-14-16-30(29)38-22-24-18-26(34(4,5)6)20-28(32(24)40)36(10,11)12;1-27(2,3)21-13-19(31(35)36)11-17(25(21)33)15-29-23-9-7-8-10-24(23)30-16-18-12-20(32(37)38)14-22(26(18)34)28(4,5)6;;;;/h17-22,29-30,37-38H,13-16H2,1-12H3;11-16,23-24,29-30H,7-10H2,1-6H3;2*1H2;;/b23-21-,24-22-;17-15-,18-16-;;;;/t29-,30-;23-,24-;;;;/m11..../s1. The molecule has 0 saturated heterocycles. The quantitative estimate of drug-likeness (QED) is 0.0689. The van der Waals surface area contributed by atoms with E-state index in [1.54, 1.807) is 12.4 Å². The summed E-state index contributed by atoms with van der Waals surface area (Å²) in [7, 11) is 0. The molecule has 0 aromatic carbocycles. The first-order valence-electron chi connectivity index (χ1n) is 27.9. The predicted molar refractivity (Wildman–Crippen MR) is 320 cm³/mol. The van der Waals surface area contributed by atoms with Gasteiger partial charge in [-0.1, -0.05) is 162 Å². The maximum absolute atomic E-state index is 13.5. The van der Waals surface area contributed by atoms with Crippen molar-refractivity contribution in [3.63, 3.8) is 0 Å². The van der Waals surface area contributed by atoms with Crippen LogP contribution in [0.4, 0.5) is 0 Å². The third kappa shape index (κ3) is 19.5. The van der Waals surface area contributed by atoms with Gasteiger partial charge in [-0.05, 0) is 81.5 Å². The van der Waals surface area contributed by atoms with Crippen molar-refractivity contribution in [2.24, 2.45) is 32.5 Å². The number of nitrogens with zero attached hydrogens (tertiary/aromatic N) is 2. The van der Waals surface area contributed by atoms with Gasteiger partial charge in [-0.2, -0.15) is 0 Å². The Morgan fingerprint density at radius 3 is 0.768 bits per heavy atom. The molecule has 0 aliphatic heterocycles. The number of ketones is 4. The van der Waals surface area contributed by atoms with Gasteiger partial charge in [0.25, 0.3) is 11.4 Å². The van der Waals surface area contributed by atoms with E-state index < -0.39 is 20.7 Å². The van der Waals surface area contributed by atoms with Crippen LogP contribution in [0.2, 0.25) is 0 Å². The van der Waals surface area contributed by atoms with E-state index in [2.05, 4.69) is 129 Å². The SMILES string of the molecule is CC(C)(C)C1=C/C(=C/N[C@@H]2CCCC[C@H]2N/C=C2/C=C(C(C)(C)C)C=C(C(C)(C)C)C2=O)C(=O)C(C(C)(C)C)=C1.CC(C)(C)C1=CC([N+](=O)[O-])=C/C(=C/N[C@@H]2CCCC[C@H]2N/C=C2/C=C([N+](=O)[O-])C=C(C(C)(C)C)C2=O)C1=O.O.O.[Ti].[Ti]. The summed E-state index contributed by atoms with van der Waals surface area (Å²) in [6.45, 7) is 36.8. The molecule has 0 spiro atoms. The Hall–Kier alpha value is -5.09. The number of hydrogen-bond donors (Lipinski definition) is 4. The third-order valence-corrected chi connectivity index (χ3v) is 15.2. The number of allylic oxidation sites excluding steroid dienone is 18. The molecule has 4 atom stereocenters. The van der Waals surface area contributed by atoms with Gasteiger partial charge >= 0.3 is 0 Å². The Balaban J connectivity index is 0.000000783. The molecule has 2 fully saturated rings. The smallest absolute Gasteiger partial charge is 0.270 e. The molecular formula is C64H94N6O10Ti2. The Kier molecular flexibility index (Phi) is 26.6. The van der Waals surface area contributed by atoms with Crippen LogP contribution in [-0.2, 0) is 62.6 Å². The first-order valence-corrected chi connectivity index (χ1v) is 27.9. The molecule has 6 rings (SSSR count). The van der Waals surface area contributed by atoms with Crippen molar-refractivity contribution in [2.75, 3.05) is 0 Å². The molecule has 6 aliphatic rings. The fourth-order valence-corrected chi connectivity index (χ4v) is 10.2. The maximum Gasteiger partial charge on any atom is 0.270 e. The molecule has 0 heterocycles. The summed E-state index contributed by atoms with van der Waals surface area (Å²) >= 11 is 0. The van der Waals surface area contributed by atoms with Crippen molar-refractivity contribution in [3.8, 4) is 0 Å². The van der Waals surface area contributed by atoms with E-state index in [1.165, 1.54) is 35.5 Å². The first-order chi connectivity index (χ1) is 35.8. The molecule has 0 unspecified atom stereocenters. The first kappa shape index (κ1) is 74.9. The zero-order chi connectivity index (χ0) is 58.7. The minimum absolute atomic E-state index is 0. The summed E-state index contributed by atoms with van der Waals surface area (Å²) in [5.74, 6) is -0.316. The number of rotatable bonds is 10. The van der Waals surface area contributed by atoms with Crippen LogP contribution in [0.5, 0.6) is 0 Å². The molecule has 2 saturated carbocycles. The molecule has 0 bridgehead atoms. The molecule has 18 heteroatoms.